The molecule has 0 saturated heterocycles. The Balaban J connectivity index is 1.88. The first-order valence-corrected chi connectivity index (χ1v) is 10.7. The smallest absolute Gasteiger partial charge is 0.00264 e. The summed E-state index contributed by atoms with van der Waals surface area (Å²) in [6, 6.07) is 45.6. The molecular weight excluding hydrogens is 372 g/mol. The molecule has 0 fully saturated rings. The molecule has 0 aliphatic heterocycles. The highest BCUT2D eigenvalue weighted by Crippen LogP contribution is 2.43. The van der Waals surface area contributed by atoms with Crippen LogP contribution in [0.2, 0.25) is 0 Å². The fraction of sp³-hybridized carbons (Fsp3) is 0.0323. The Morgan fingerprint density at radius 1 is 0.355 bits per heavy atom. The van der Waals surface area contributed by atoms with Crippen LogP contribution in [0, 0.1) is 6.92 Å². The molecule has 5 aromatic carbocycles. The third kappa shape index (κ3) is 3.93. The molecule has 0 nitrogen and oxygen atoms in total. The molecular formula is C31H24. The van der Waals surface area contributed by atoms with Crippen molar-refractivity contribution >= 4 is 0 Å². The molecule has 0 unspecified atom stereocenters. The van der Waals surface area contributed by atoms with Crippen LogP contribution in [0.15, 0.2) is 127 Å². The predicted molar refractivity (Wildman–Crippen MR) is 133 cm³/mol. The van der Waals surface area contributed by atoms with Crippen LogP contribution in [0.4, 0.5) is 0 Å². The van der Waals surface area contributed by atoms with E-state index in [0.29, 0.717) is 0 Å². The molecule has 0 radical (unpaired) electrons. The first-order valence-electron chi connectivity index (χ1n) is 10.7. The van der Waals surface area contributed by atoms with Gasteiger partial charge in [0.1, 0.15) is 0 Å². The Labute approximate surface area is 184 Å². The average molecular weight is 397 g/mol. The predicted octanol–water partition coefficient (Wildman–Crippen LogP) is 8.66. The molecule has 0 heteroatoms. The van der Waals surface area contributed by atoms with Gasteiger partial charge in [-0.2, -0.15) is 0 Å². The molecule has 0 heterocycles. The van der Waals surface area contributed by atoms with Crippen LogP contribution in [0.1, 0.15) is 5.56 Å². The second kappa shape index (κ2) is 8.45. The van der Waals surface area contributed by atoms with Gasteiger partial charge in [-0.25, -0.2) is 0 Å². The highest BCUT2D eigenvalue weighted by molar-refractivity contribution is 5.97. The van der Waals surface area contributed by atoms with E-state index in [1.54, 1.807) is 0 Å². The van der Waals surface area contributed by atoms with Crippen LogP contribution in [0.5, 0.6) is 0 Å². The molecule has 5 rings (SSSR count). The summed E-state index contributed by atoms with van der Waals surface area (Å²) in [5, 5.41) is 0. The molecule has 31 heavy (non-hydrogen) atoms. The van der Waals surface area contributed by atoms with Gasteiger partial charge in [0, 0.05) is 0 Å². The minimum absolute atomic E-state index is 1.23. The lowest BCUT2D eigenvalue weighted by molar-refractivity contribution is 1.46. The van der Waals surface area contributed by atoms with Crippen molar-refractivity contribution in [1.82, 2.24) is 0 Å². The molecule has 0 N–H and O–H groups in total. The highest BCUT2D eigenvalue weighted by atomic mass is 14.2. The lowest BCUT2D eigenvalue weighted by Gasteiger charge is -2.19. The quantitative estimate of drug-likeness (QED) is 0.285. The van der Waals surface area contributed by atoms with E-state index >= 15 is 0 Å². The first kappa shape index (κ1) is 19.1. The maximum Gasteiger partial charge on any atom is -0.00264 e. The molecule has 0 atom stereocenters. The van der Waals surface area contributed by atoms with Gasteiger partial charge >= 0.3 is 0 Å². The number of hydrogen-bond donors (Lipinski definition) is 0. The van der Waals surface area contributed by atoms with Crippen molar-refractivity contribution in [3.05, 3.63) is 133 Å². The van der Waals surface area contributed by atoms with Crippen molar-refractivity contribution in [3.8, 4) is 44.5 Å². The Morgan fingerprint density at radius 3 is 1.29 bits per heavy atom. The summed E-state index contributed by atoms with van der Waals surface area (Å²) in [5.41, 5.74) is 11.2. The summed E-state index contributed by atoms with van der Waals surface area (Å²) < 4.78 is 0. The monoisotopic (exact) mass is 396 g/mol. The fourth-order valence-electron chi connectivity index (χ4n) is 4.24. The summed E-state index contributed by atoms with van der Waals surface area (Å²) >= 11 is 0. The van der Waals surface area contributed by atoms with Crippen LogP contribution >= 0.6 is 0 Å². The zero-order valence-corrected chi connectivity index (χ0v) is 17.6. The number of hydrogen-bond acceptors (Lipinski definition) is 0. The van der Waals surface area contributed by atoms with Crippen molar-refractivity contribution < 1.29 is 0 Å². The van der Waals surface area contributed by atoms with Crippen LogP contribution in [0.25, 0.3) is 44.5 Å². The van der Waals surface area contributed by atoms with Gasteiger partial charge in [-0.05, 0) is 63.6 Å². The molecule has 0 aliphatic rings. The minimum atomic E-state index is 1.23. The van der Waals surface area contributed by atoms with Crippen LogP contribution in [0.3, 0.4) is 0 Å². The summed E-state index contributed by atoms with van der Waals surface area (Å²) in [5.74, 6) is 0. The van der Waals surface area contributed by atoms with Gasteiger partial charge in [-0.15, -0.1) is 0 Å². The molecule has 0 saturated carbocycles. The second-order valence-electron chi connectivity index (χ2n) is 7.91. The molecule has 0 aliphatic carbocycles. The fourth-order valence-corrected chi connectivity index (χ4v) is 4.24. The maximum absolute atomic E-state index is 2.35. The summed E-state index contributed by atoms with van der Waals surface area (Å²) in [6.07, 6.45) is 0. The molecule has 5 aromatic rings. The zero-order valence-electron chi connectivity index (χ0n) is 17.6. The topological polar surface area (TPSA) is 0 Å². The van der Waals surface area contributed by atoms with Crippen molar-refractivity contribution in [3.63, 3.8) is 0 Å². The van der Waals surface area contributed by atoms with E-state index in [1.165, 1.54) is 50.1 Å². The van der Waals surface area contributed by atoms with E-state index in [4.69, 9.17) is 0 Å². The highest BCUT2D eigenvalue weighted by Gasteiger charge is 2.16. The van der Waals surface area contributed by atoms with Crippen LogP contribution in [-0.4, -0.2) is 0 Å². The largest absolute Gasteiger partial charge is 0.0622 e. The van der Waals surface area contributed by atoms with Gasteiger partial charge in [-0.1, -0.05) is 121 Å². The number of benzene rings is 5. The lowest BCUT2D eigenvalue weighted by atomic mass is 9.84. The van der Waals surface area contributed by atoms with Crippen molar-refractivity contribution in [1.29, 1.82) is 0 Å². The Bertz CT molecular complexity index is 1240. The average Bonchev–Trinajstić information content (AvgIpc) is 2.85. The SMILES string of the molecule is Cc1cccc(-c2cc(-c3ccccc3)c(-c3ccccc3)c(-c3ccccc3)c2)c1. The third-order valence-corrected chi connectivity index (χ3v) is 5.72. The third-order valence-electron chi connectivity index (χ3n) is 5.72. The summed E-state index contributed by atoms with van der Waals surface area (Å²) in [6.45, 7) is 2.15. The first-order chi connectivity index (χ1) is 15.3. The van der Waals surface area contributed by atoms with Gasteiger partial charge in [0.2, 0.25) is 0 Å². The van der Waals surface area contributed by atoms with E-state index in [1.807, 2.05) is 0 Å². The number of rotatable bonds is 4. The van der Waals surface area contributed by atoms with Crippen molar-refractivity contribution in [2.75, 3.05) is 0 Å². The van der Waals surface area contributed by atoms with Crippen molar-refractivity contribution in [2.45, 2.75) is 6.92 Å². The maximum atomic E-state index is 2.35. The van der Waals surface area contributed by atoms with Gasteiger partial charge in [0.25, 0.3) is 0 Å². The summed E-state index contributed by atoms with van der Waals surface area (Å²) in [7, 11) is 0. The summed E-state index contributed by atoms with van der Waals surface area (Å²) in [4.78, 5) is 0. The zero-order chi connectivity index (χ0) is 21.0. The standard InChI is InChI=1S/C31H24/c1-23-12-11-19-27(20-23)28-21-29(24-13-5-2-6-14-24)31(26-17-9-4-10-18-26)30(22-28)25-15-7-3-8-16-25/h2-22H,1H3. The Kier molecular flexibility index (Phi) is 5.21. The molecule has 148 valence electrons. The number of aryl methyl sites for hydroxylation is 1. The normalized spacial score (nSPS) is 10.7. The molecule has 0 bridgehead atoms. The van der Waals surface area contributed by atoms with Gasteiger partial charge in [-0.3, -0.25) is 0 Å². The van der Waals surface area contributed by atoms with Gasteiger partial charge in [0.15, 0.2) is 0 Å². The van der Waals surface area contributed by atoms with E-state index in [9.17, 15) is 0 Å². The van der Waals surface area contributed by atoms with E-state index < -0.39 is 0 Å². The lowest BCUT2D eigenvalue weighted by Crippen LogP contribution is -1.93. The van der Waals surface area contributed by atoms with Gasteiger partial charge in [0.05, 0.1) is 0 Å². The second-order valence-corrected chi connectivity index (χ2v) is 7.91. The van der Waals surface area contributed by atoms with Crippen molar-refractivity contribution in [2.24, 2.45) is 0 Å². The van der Waals surface area contributed by atoms with E-state index in [2.05, 4.69) is 134 Å². The minimum Gasteiger partial charge on any atom is -0.0622 e. The Hall–Kier alpha value is -3.90. The molecule has 0 spiro atoms. The van der Waals surface area contributed by atoms with Crippen LogP contribution < -0.4 is 0 Å². The Morgan fingerprint density at radius 2 is 0.806 bits per heavy atom. The molecule has 0 amide bonds. The van der Waals surface area contributed by atoms with E-state index in [-0.39, 0.29) is 0 Å². The van der Waals surface area contributed by atoms with Crippen LogP contribution in [-0.2, 0) is 0 Å². The molecule has 0 aromatic heterocycles. The van der Waals surface area contributed by atoms with Gasteiger partial charge < -0.3 is 0 Å². The van der Waals surface area contributed by atoms with E-state index in [0.717, 1.165) is 0 Å².